The summed E-state index contributed by atoms with van der Waals surface area (Å²) in [6.45, 7) is 3.79. The molecule has 3 rings (SSSR count). The second kappa shape index (κ2) is 8.25. The molecule has 2 aromatic carbocycles. The van der Waals surface area contributed by atoms with Crippen LogP contribution in [-0.4, -0.2) is 11.9 Å². The summed E-state index contributed by atoms with van der Waals surface area (Å²) >= 11 is 1.60. The van der Waals surface area contributed by atoms with E-state index in [9.17, 15) is 9.18 Å². The molecule has 134 valence electrons. The van der Waals surface area contributed by atoms with E-state index in [0.29, 0.717) is 0 Å². The van der Waals surface area contributed by atoms with Crippen molar-refractivity contribution < 1.29 is 9.18 Å². The van der Waals surface area contributed by atoms with Crippen LogP contribution in [0.15, 0.2) is 66.0 Å². The third kappa shape index (κ3) is 4.36. The average molecular weight is 368 g/mol. The van der Waals surface area contributed by atoms with Crippen LogP contribution < -0.4 is 10.6 Å². The molecule has 3 aromatic rings. The second-order valence-corrected chi connectivity index (χ2v) is 7.17. The van der Waals surface area contributed by atoms with Crippen molar-refractivity contribution in [1.29, 1.82) is 0 Å². The van der Waals surface area contributed by atoms with Crippen LogP contribution in [0.4, 0.5) is 10.1 Å². The molecule has 1 amide bonds. The topological polar surface area (TPSA) is 41.1 Å². The monoisotopic (exact) mass is 368 g/mol. The molecule has 0 aliphatic carbocycles. The maximum atomic E-state index is 13.3. The Labute approximate surface area is 156 Å². The number of nitrogens with one attached hydrogen (secondary N) is 2. The predicted octanol–water partition coefficient (Wildman–Crippen LogP) is 4.90. The number of anilines is 1. The highest BCUT2D eigenvalue weighted by atomic mass is 32.1. The summed E-state index contributed by atoms with van der Waals surface area (Å²) in [4.78, 5) is 13.7. The molecule has 26 heavy (non-hydrogen) atoms. The number of aryl methyl sites for hydroxylation is 1. The minimum absolute atomic E-state index is 0.108. The van der Waals surface area contributed by atoms with Crippen LogP contribution in [0.1, 0.15) is 29.0 Å². The fraction of sp³-hybridized carbons (Fsp3) is 0.190. The highest BCUT2D eigenvalue weighted by Crippen LogP contribution is 2.27. The van der Waals surface area contributed by atoms with Gasteiger partial charge in [0.2, 0.25) is 5.91 Å². The molecule has 1 aromatic heterocycles. The zero-order valence-corrected chi connectivity index (χ0v) is 15.5. The minimum Gasteiger partial charge on any atom is -0.324 e. The van der Waals surface area contributed by atoms with Gasteiger partial charge in [0.15, 0.2) is 0 Å². The van der Waals surface area contributed by atoms with E-state index in [1.807, 2.05) is 55.6 Å². The third-order valence-corrected chi connectivity index (χ3v) is 5.18. The summed E-state index contributed by atoms with van der Waals surface area (Å²) < 4.78 is 13.3. The Hall–Kier alpha value is -2.50. The van der Waals surface area contributed by atoms with Crippen molar-refractivity contribution in [1.82, 2.24) is 5.32 Å². The van der Waals surface area contributed by atoms with Crippen molar-refractivity contribution >= 4 is 22.9 Å². The first-order valence-corrected chi connectivity index (χ1v) is 9.34. The van der Waals surface area contributed by atoms with Crippen molar-refractivity contribution in [2.24, 2.45) is 0 Å². The van der Waals surface area contributed by atoms with Crippen LogP contribution in [0.25, 0.3) is 0 Å². The Morgan fingerprint density at radius 3 is 2.42 bits per heavy atom. The standard InChI is InChI=1S/C21H21FN2OS/c1-14-6-3-4-7-18(14)24-21(25)15(2)23-20(19-8-5-13-26-19)16-9-11-17(22)12-10-16/h3-13,15,20,23H,1-2H3,(H,24,25)/t15-,20+/m1/s1. The zero-order valence-electron chi connectivity index (χ0n) is 14.7. The third-order valence-electron chi connectivity index (χ3n) is 4.24. The van der Waals surface area contributed by atoms with Crippen LogP contribution in [0.3, 0.4) is 0 Å². The van der Waals surface area contributed by atoms with Gasteiger partial charge in [-0.1, -0.05) is 36.4 Å². The van der Waals surface area contributed by atoms with Crippen molar-refractivity contribution in [3.63, 3.8) is 0 Å². The smallest absolute Gasteiger partial charge is 0.241 e. The second-order valence-electron chi connectivity index (χ2n) is 6.19. The van der Waals surface area contributed by atoms with Crippen LogP contribution in [0.2, 0.25) is 0 Å². The van der Waals surface area contributed by atoms with Gasteiger partial charge in [-0.25, -0.2) is 4.39 Å². The number of hydrogen-bond acceptors (Lipinski definition) is 3. The van der Waals surface area contributed by atoms with Crippen LogP contribution in [0, 0.1) is 12.7 Å². The number of thiophene rings is 1. The molecule has 2 N–H and O–H groups in total. The largest absolute Gasteiger partial charge is 0.324 e. The molecule has 0 aliphatic heterocycles. The Morgan fingerprint density at radius 1 is 1.04 bits per heavy atom. The molecular weight excluding hydrogens is 347 g/mol. The Morgan fingerprint density at radius 2 is 1.77 bits per heavy atom. The van der Waals surface area contributed by atoms with Gasteiger partial charge in [0.25, 0.3) is 0 Å². The fourth-order valence-electron chi connectivity index (χ4n) is 2.73. The van der Waals surface area contributed by atoms with E-state index in [0.717, 1.165) is 21.7 Å². The Bertz CT molecular complexity index is 862. The first-order chi connectivity index (χ1) is 12.5. The van der Waals surface area contributed by atoms with E-state index in [-0.39, 0.29) is 17.8 Å². The van der Waals surface area contributed by atoms with Crippen molar-refractivity contribution in [3.05, 3.63) is 87.9 Å². The van der Waals surface area contributed by atoms with Gasteiger partial charge in [0.1, 0.15) is 5.82 Å². The maximum absolute atomic E-state index is 13.3. The van der Waals surface area contributed by atoms with E-state index >= 15 is 0 Å². The van der Waals surface area contributed by atoms with Gasteiger partial charge >= 0.3 is 0 Å². The summed E-state index contributed by atoms with van der Waals surface area (Å²) in [7, 11) is 0. The van der Waals surface area contributed by atoms with E-state index in [1.54, 1.807) is 23.5 Å². The quantitative estimate of drug-likeness (QED) is 0.650. The molecule has 0 fully saturated rings. The lowest BCUT2D eigenvalue weighted by Gasteiger charge is -2.23. The summed E-state index contributed by atoms with van der Waals surface area (Å²) in [5, 5.41) is 8.33. The van der Waals surface area contributed by atoms with Crippen molar-refractivity contribution in [2.45, 2.75) is 25.9 Å². The summed E-state index contributed by atoms with van der Waals surface area (Å²) in [6, 6.07) is 17.4. The van der Waals surface area contributed by atoms with Gasteiger partial charge < -0.3 is 5.32 Å². The van der Waals surface area contributed by atoms with Crippen molar-refractivity contribution in [3.8, 4) is 0 Å². The van der Waals surface area contributed by atoms with Gasteiger partial charge in [-0.3, -0.25) is 10.1 Å². The number of rotatable bonds is 6. The van der Waals surface area contributed by atoms with Gasteiger partial charge in [-0.15, -0.1) is 11.3 Å². The summed E-state index contributed by atoms with van der Waals surface area (Å²) in [6.07, 6.45) is 0. The van der Waals surface area contributed by atoms with E-state index < -0.39 is 6.04 Å². The number of carbonyl (C=O) groups is 1. The molecule has 0 aliphatic rings. The molecular formula is C21H21FN2OS. The lowest BCUT2D eigenvalue weighted by atomic mass is 10.0. The zero-order chi connectivity index (χ0) is 18.5. The SMILES string of the molecule is Cc1ccccc1NC(=O)[C@@H](C)N[C@@H](c1ccc(F)cc1)c1cccs1. The van der Waals surface area contributed by atoms with Gasteiger partial charge in [0, 0.05) is 10.6 Å². The molecule has 3 nitrogen and oxygen atoms in total. The highest BCUT2D eigenvalue weighted by Gasteiger charge is 2.22. The molecule has 0 saturated heterocycles. The number of para-hydroxylation sites is 1. The molecule has 1 heterocycles. The normalized spacial score (nSPS) is 13.2. The minimum atomic E-state index is -0.424. The van der Waals surface area contributed by atoms with Crippen LogP contribution >= 0.6 is 11.3 Å². The summed E-state index contributed by atoms with van der Waals surface area (Å²) in [5.41, 5.74) is 2.74. The number of benzene rings is 2. The molecule has 0 radical (unpaired) electrons. The predicted molar refractivity (Wildman–Crippen MR) is 105 cm³/mol. The van der Waals surface area contributed by atoms with E-state index in [4.69, 9.17) is 0 Å². The molecule has 0 saturated carbocycles. The maximum Gasteiger partial charge on any atom is 0.241 e. The molecule has 5 heteroatoms. The first kappa shape index (κ1) is 18.3. The van der Waals surface area contributed by atoms with Crippen LogP contribution in [-0.2, 0) is 4.79 Å². The average Bonchev–Trinajstić information content (AvgIpc) is 3.16. The number of hydrogen-bond donors (Lipinski definition) is 2. The van der Waals surface area contributed by atoms with E-state index in [2.05, 4.69) is 10.6 Å². The number of amides is 1. The Kier molecular flexibility index (Phi) is 5.81. The van der Waals surface area contributed by atoms with E-state index in [1.165, 1.54) is 12.1 Å². The van der Waals surface area contributed by atoms with Gasteiger partial charge in [-0.2, -0.15) is 0 Å². The molecule has 0 unspecified atom stereocenters. The van der Waals surface area contributed by atoms with Crippen LogP contribution in [0.5, 0.6) is 0 Å². The Balaban J connectivity index is 1.77. The molecule has 2 atom stereocenters. The lowest BCUT2D eigenvalue weighted by molar-refractivity contribution is -0.117. The number of carbonyl (C=O) groups excluding carboxylic acids is 1. The molecule has 0 spiro atoms. The van der Waals surface area contributed by atoms with Crippen molar-refractivity contribution in [2.75, 3.05) is 5.32 Å². The van der Waals surface area contributed by atoms with Gasteiger partial charge in [-0.05, 0) is 54.6 Å². The first-order valence-electron chi connectivity index (χ1n) is 8.46. The lowest BCUT2D eigenvalue weighted by Crippen LogP contribution is -2.40. The highest BCUT2D eigenvalue weighted by molar-refractivity contribution is 7.10. The number of halogens is 1. The summed E-state index contributed by atoms with van der Waals surface area (Å²) in [5.74, 6) is -0.382. The fourth-order valence-corrected chi connectivity index (χ4v) is 3.54. The van der Waals surface area contributed by atoms with Gasteiger partial charge in [0.05, 0.1) is 12.1 Å². The molecule has 0 bridgehead atoms.